The minimum Gasteiger partial charge on any atom is -0.372 e. The number of H-pyrrole nitrogens is 1. The number of nitrogens with one attached hydrogen (secondary N) is 1. The molecule has 0 bridgehead atoms. The monoisotopic (exact) mass is 461 g/mol. The summed E-state index contributed by atoms with van der Waals surface area (Å²) in [5, 5.41) is 19.2. The van der Waals surface area contributed by atoms with Crippen LogP contribution in [0.25, 0.3) is 33.4 Å². The van der Waals surface area contributed by atoms with Crippen molar-refractivity contribution < 1.29 is 0 Å². The smallest absolute Gasteiger partial charge is 0.182 e. The van der Waals surface area contributed by atoms with E-state index in [0.29, 0.717) is 32.5 Å². The third kappa shape index (κ3) is 3.50. The highest BCUT2D eigenvalue weighted by atomic mass is 35.5. The van der Waals surface area contributed by atoms with E-state index in [-0.39, 0.29) is 0 Å². The van der Waals surface area contributed by atoms with Gasteiger partial charge in [-0.15, -0.1) is 0 Å². The van der Waals surface area contributed by atoms with Gasteiger partial charge in [0.05, 0.1) is 26.7 Å². The molecule has 1 N–H and O–H groups in total. The highest BCUT2D eigenvalue weighted by Crippen LogP contribution is 2.41. The second-order valence-corrected chi connectivity index (χ2v) is 8.85. The Morgan fingerprint density at radius 2 is 1.78 bits per heavy atom. The number of aromatic nitrogens is 3. The van der Waals surface area contributed by atoms with Crippen LogP contribution in [0.15, 0.2) is 42.5 Å². The van der Waals surface area contributed by atoms with E-state index in [1.807, 2.05) is 13.0 Å². The van der Waals surface area contributed by atoms with Gasteiger partial charge >= 0.3 is 0 Å². The van der Waals surface area contributed by atoms with Gasteiger partial charge in [-0.05, 0) is 49.9 Å². The molecule has 0 radical (unpaired) electrons. The minimum atomic E-state index is 0.371. The number of aryl methyl sites for hydroxylation is 1. The predicted molar refractivity (Wildman–Crippen MR) is 130 cm³/mol. The Balaban J connectivity index is 1.72. The van der Waals surface area contributed by atoms with E-state index < -0.39 is 0 Å². The van der Waals surface area contributed by atoms with Crippen LogP contribution < -0.4 is 4.90 Å². The van der Waals surface area contributed by atoms with Crippen molar-refractivity contribution in [2.45, 2.75) is 26.2 Å². The van der Waals surface area contributed by atoms with Crippen molar-refractivity contribution >= 4 is 39.9 Å². The SMILES string of the molecule is Cc1[nH]nc2nc(-c3cccc(Cl)c3Cl)c(C#N)c(-c3ccc(N4CCCCC4)cc3)c12. The van der Waals surface area contributed by atoms with E-state index in [4.69, 9.17) is 28.2 Å². The number of anilines is 1. The quantitative estimate of drug-likeness (QED) is 0.365. The minimum absolute atomic E-state index is 0.371. The second kappa shape index (κ2) is 8.46. The van der Waals surface area contributed by atoms with Crippen LogP contribution in [-0.4, -0.2) is 28.3 Å². The number of hydrogen-bond acceptors (Lipinski definition) is 4. The number of halogens is 2. The van der Waals surface area contributed by atoms with E-state index in [9.17, 15) is 5.26 Å². The van der Waals surface area contributed by atoms with Crippen molar-refractivity contribution in [2.24, 2.45) is 0 Å². The van der Waals surface area contributed by atoms with E-state index in [0.717, 1.165) is 35.3 Å². The molecular weight excluding hydrogens is 441 g/mol. The topological polar surface area (TPSA) is 68.6 Å². The molecule has 3 heterocycles. The maximum atomic E-state index is 10.2. The van der Waals surface area contributed by atoms with Gasteiger partial charge < -0.3 is 4.90 Å². The van der Waals surface area contributed by atoms with Gasteiger partial charge in [0.15, 0.2) is 5.65 Å². The van der Waals surface area contributed by atoms with E-state index in [1.165, 1.54) is 24.9 Å². The number of rotatable bonds is 3. The van der Waals surface area contributed by atoms with Crippen molar-refractivity contribution in [3.8, 4) is 28.5 Å². The molecule has 7 heteroatoms. The number of nitrogens with zero attached hydrogens (tertiary/aromatic N) is 4. The third-order valence-electron chi connectivity index (χ3n) is 6.08. The zero-order valence-corrected chi connectivity index (χ0v) is 19.1. The summed E-state index contributed by atoms with van der Waals surface area (Å²) in [6.45, 7) is 4.11. The van der Waals surface area contributed by atoms with E-state index in [1.54, 1.807) is 12.1 Å². The molecule has 1 saturated heterocycles. The van der Waals surface area contributed by atoms with E-state index in [2.05, 4.69) is 45.4 Å². The zero-order valence-electron chi connectivity index (χ0n) is 17.6. The molecule has 1 aliphatic rings. The van der Waals surface area contributed by atoms with Gasteiger partial charge in [-0.25, -0.2) is 4.98 Å². The molecule has 5 rings (SSSR count). The number of pyridine rings is 1. The predicted octanol–water partition coefficient (Wildman–Crippen LogP) is 6.77. The number of benzene rings is 2. The van der Waals surface area contributed by atoms with Gasteiger partial charge in [0.25, 0.3) is 0 Å². The van der Waals surface area contributed by atoms with Crippen LogP contribution in [0.1, 0.15) is 30.5 Å². The van der Waals surface area contributed by atoms with Crippen molar-refractivity contribution in [3.05, 3.63) is 63.8 Å². The molecule has 2 aromatic carbocycles. The standard InChI is InChI=1S/C25H21Cl2N5/c1-15-21-22(16-8-10-17(11-9-16)32-12-3-2-4-13-32)19(14-28)24(29-25(21)31-30-15)18-6-5-7-20(26)23(18)27/h5-11H,2-4,12-13H2,1H3,(H,29,30,31). The number of piperidine rings is 1. The lowest BCUT2D eigenvalue weighted by Crippen LogP contribution is -2.29. The summed E-state index contributed by atoms with van der Waals surface area (Å²) in [7, 11) is 0. The first-order valence-corrected chi connectivity index (χ1v) is 11.4. The highest BCUT2D eigenvalue weighted by Gasteiger charge is 2.23. The second-order valence-electron chi connectivity index (χ2n) is 8.07. The van der Waals surface area contributed by atoms with Gasteiger partial charge in [0.2, 0.25) is 0 Å². The van der Waals surface area contributed by atoms with Gasteiger partial charge in [-0.2, -0.15) is 10.4 Å². The molecule has 0 aliphatic carbocycles. The molecule has 0 spiro atoms. The summed E-state index contributed by atoms with van der Waals surface area (Å²) < 4.78 is 0. The first-order valence-electron chi connectivity index (χ1n) is 10.7. The summed E-state index contributed by atoms with van der Waals surface area (Å²) in [6.07, 6.45) is 3.75. The molecule has 160 valence electrons. The Bertz CT molecular complexity index is 1350. The average molecular weight is 462 g/mol. The Morgan fingerprint density at radius 1 is 1.03 bits per heavy atom. The van der Waals surface area contributed by atoms with Crippen LogP contribution in [0, 0.1) is 18.3 Å². The van der Waals surface area contributed by atoms with Crippen molar-refractivity contribution in [3.63, 3.8) is 0 Å². The lowest BCUT2D eigenvalue weighted by Gasteiger charge is -2.29. The number of hydrogen-bond donors (Lipinski definition) is 1. The summed E-state index contributed by atoms with van der Waals surface area (Å²) >= 11 is 12.8. The molecule has 4 aromatic rings. The number of nitriles is 1. The molecule has 5 nitrogen and oxygen atoms in total. The van der Waals surface area contributed by atoms with Gasteiger partial charge in [0, 0.05) is 35.6 Å². The summed E-state index contributed by atoms with van der Waals surface area (Å²) in [5.41, 5.74) is 5.92. The first-order chi connectivity index (χ1) is 15.6. The van der Waals surface area contributed by atoms with Gasteiger partial charge in [0.1, 0.15) is 6.07 Å². The summed E-state index contributed by atoms with van der Waals surface area (Å²) in [5.74, 6) is 0. The van der Waals surface area contributed by atoms with Crippen molar-refractivity contribution in [1.29, 1.82) is 5.26 Å². The Labute approximate surface area is 196 Å². The largest absolute Gasteiger partial charge is 0.372 e. The maximum Gasteiger partial charge on any atom is 0.182 e. The number of aromatic amines is 1. The van der Waals surface area contributed by atoms with Gasteiger partial charge in [-0.1, -0.05) is 47.5 Å². The van der Waals surface area contributed by atoms with E-state index >= 15 is 0 Å². The van der Waals surface area contributed by atoms with Gasteiger partial charge in [-0.3, -0.25) is 5.10 Å². The molecule has 0 saturated carbocycles. The number of fused-ring (bicyclic) bond motifs is 1. The first kappa shape index (κ1) is 20.8. The third-order valence-corrected chi connectivity index (χ3v) is 6.90. The average Bonchev–Trinajstić information content (AvgIpc) is 3.20. The van der Waals surface area contributed by atoms with Crippen molar-refractivity contribution in [1.82, 2.24) is 15.2 Å². The fourth-order valence-electron chi connectivity index (χ4n) is 4.47. The van der Waals surface area contributed by atoms with Crippen molar-refractivity contribution in [2.75, 3.05) is 18.0 Å². The fourth-order valence-corrected chi connectivity index (χ4v) is 4.86. The van der Waals surface area contributed by atoms with Crippen LogP contribution in [0.2, 0.25) is 10.0 Å². The Morgan fingerprint density at radius 3 is 2.50 bits per heavy atom. The van der Waals surface area contributed by atoms with Crippen LogP contribution in [0.4, 0.5) is 5.69 Å². The molecule has 0 unspecified atom stereocenters. The highest BCUT2D eigenvalue weighted by molar-refractivity contribution is 6.43. The molecule has 0 atom stereocenters. The van der Waals surface area contributed by atoms with Crippen LogP contribution in [0.3, 0.4) is 0 Å². The summed E-state index contributed by atoms with van der Waals surface area (Å²) in [6, 6.07) is 16.2. The molecule has 1 fully saturated rings. The fraction of sp³-hybridized carbons (Fsp3) is 0.240. The van der Waals surface area contributed by atoms with Crippen LogP contribution in [-0.2, 0) is 0 Å². The normalized spacial score (nSPS) is 14.0. The van der Waals surface area contributed by atoms with Crippen LogP contribution in [0.5, 0.6) is 0 Å². The Hall–Kier alpha value is -3.07. The molecule has 32 heavy (non-hydrogen) atoms. The Kier molecular flexibility index (Phi) is 5.50. The zero-order chi connectivity index (χ0) is 22.2. The lowest BCUT2D eigenvalue weighted by atomic mass is 9.93. The van der Waals surface area contributed by atoms with Crippen LogP contribution >= 0.6 is 23.2 Å². The summed E-state index contributed by atoms with van der Waals surface area (Å²) in [4.78, 5) is 7.12. The molecule has 0 amide bonds. The molecule has 1 aliphatic heterocycles. The maximum absolute atomic E-state index is 10.2. The lowest BCUT2D eigenvalue weighted by molar-refractivity contribution is 0.578. The molecular formula is C25H21Cl2N5. The molecule has 2 aromatic heterocycles.